The number of rotatable bonds is 7. The molecule has 0 fully saturated rings. The van der Waals surface area contributed by atoms with E-state index in [4.69, 9.17) is 4.28 Å². The maximum absolute atomic E-state index is 5.72. The van der Waals surface area contributed by atoms with Crippen molar-refractivity contribution in [2.45, 2.75) is 40.7 Å². The fraction of sp³-hybridized carbons (Fsp3) is 0.647. The molecule has 1 unspecified atom stereocenters. The predicted octanol–water partition coefficient (Wildman–Crippen LogP) is 4.32. The molecule has 0 aliphatic carbocycles. The lowest BCUT2D eigenvalue weighted by Gasteiger charge is -2.33. The molecule has 0 radical (unpaired) electrons. The van der Waals surface area contributed by atoms with Crippen molar-refractivity contribution < 1.29 is 4.28 Å². The molecule has 0 aromatic heterocycles. The third kappa shape index (κ3) is 10.1. The van der Waals surface area contributed by atoms with Crippen molar-refractivity contribution in [3.63, 3.8) is 0 Å². The highest BCUT2D eigenvalue weighted by Gasteiger charge is 2.24. The van der Waals surface area contributed by atoms with E-state index in [0.29, 0.717) is 6.04 Å². The average Bonchev–Trinajstić information content (AvgIpc) is 2.52. The number of benzene rings is 1. The van der Waals surface area contributed by atoms with Gasteiger partial charge in [0.2, 0.25) is 0 Å². The van der Waals surface area contributed by atoms with E-state index in [2.05, 4.69) is 38.2 Å². The monoisotopic (exact) mass is 361 g/mol. The summed E-state index contributed by atoms with van der Waals surface area (Å²) < 4.78 is 7.72. The van der Waals surface area contributed by atoms with Crippen molar-refractivity contribution in [3.8, 4) is 0 Å². The van der Waals surface area contributed by atoms with Gasteiger partial charge in [-0.2, -0.15) is 18.6 Å². The van der Waals surface area contributed by atoms with E-state index in [1.54, 1.807) is 0 Å². The van der Waals surface area contributed by atoms with Crippen LogP contribution in [0.3, 0.4) is 0 Å². The van der Waals surface area contributed by atoms with Gasteiger partial charge in [-0.3, -0.25) is 4.31 Å². The van der Waals surface area contributed by atoms with Crippen molar-refractivity contribution in [1.82, 2.24) is 10.4 Å². The fourth-order valence-electron chi connectivity index (χ4n) is 1.87. The lowest BCUT2D eigenvalue weighted by molar-refractivity contribution is -0.0271. The molecule has 23 heavy (non-hydrogen) atoms. The Kier molecular flexibility index (Phi) is 14.0. The van der Waals surface area contributed by atoms with Gasteiger partial charge in [0.15, 0.2) is 0 Å². The molecule has 0 bridgehead atoms. The van der Waals surface area contributed by atoms with Crippen LogP contribution in [-0.2, 0) is 4.28 Å². The summed E-state index contributed by atoms with van der Waals surface area (Å²) in [4.78, 5) is 0. The van der Waals surface area contributed by atoms with Gasteiger partial charge in [-0.25, -0.2) is 4.28 Å². The first-order valence-corrected chi connectivity index (χ1v) is 8.56. The number of hydrogen-bond acceptors (Lipinski definition) is 5. The molecule has 1 aromatic carbocycles. The Labute approximate surface area is 154 Å². The van der Waals surface area contributed by atoms with Crippen LogP contribution in [0.2, 0.25) is 0 Å². The molecule has 1 atom stereocenters. The molecule has 1 aromatic rings. The highest BCUT2D eigenvalue weighted by atomic mass is 32.2. The highest BCUT2D eigenvalue weighted by molar-refractivity contribution is 7.96. The smallest absolute Gasteiger partial charge is 0.135 e. The van der Waals surface area contributed by atoms with E-state index < -0.39 is 0 Å². The van der Waals surface area contributed by atoms with Crippen molar-refractivity contribution in [1.29, 1.82) is 0 Å². The van der Waals surface area contributed by atoms with Crippen molar-refractivity contribution in [2.75, 3.05) is 32.0 Å². The minimum Gasteiger partial charge on any atom is -0.315 e. The SMILES string of the molecule is CC.CNC(CN(C)OSN(C)c1ccccc1)C(C)(C)C.S. The van der Waals surface area contributed by atoms with Gasteiger partial charge in [0.25, 0.3) is 0 Å². The molecule has 0 heterocycles. The lowest BCUT2D eigenvalue weighted by Crippen LogP contribution is -2.45. The van der Waals surface area contributed by atoms with Gasteiger partial charge in [-0.1, -0.05) is 52.8 Å². The molecule has 6 heteroatoms. The minimum atomic E-state index is 0. The maximum Gasteiger partial charge on any atom is 0.135 e. The van der Waals surface area contributed by atoms with E-state index in [9.17, 15) is 0 Å². The summed E-state index contributed by atoms with van der Waals surface area (Å²) in [5.74, 6) is 0. The van der Waals surface area contributed by atoms with E-state index in [1.165, 1.54) is 12.2 Å². The molecule has 1 N–H and O–H groups in total. The van der Waals surface area contributed by atoms with Crippen LogP contribution in [0.25, 0.3) is 0 Å². The summed E-state index contributed by atoms with van der Waals surface area (Å²) in [7, 11) is 5.95. The molecule has 0 saturated heterocycles. The Hall–Kier alpha value is -0.400. The molecule has 0 aliphatic rings. The molecule has 136 valence electrons. The van der Waals surface area contributed by atoms with E-state index in [0.717, 1.165) is 12.2 Å². The Morgan fingerprint density at radius 1 is 1.13 bits per heavy atom. The first kappa shape index (κ1) is 24.8. The van der Waals surface area contributed by atoms with Crippen LogP contribution in [0.15, 0.2) is 30.3 Å². The normalized spacial score (nSPS) is 12.0. The zero-order valence-corrected chi connectivity index (χ0v) is 17.7. The Morgan fingerprint density at radius 2 is 1.65 bits per heavy atom. The third-order valence-electron chi connectivity index (χ3n) is 3.23. The van der Waals surface area contributed by atoms with Crippen LogP contribution in [0.5, 0.6) is 0 Å². The standard InChI is InChI=1S/C15H27N3OS.C2H6.H2S/c1-15(2,3)14(16-4)12-17(5)19-20-18(6)13-10-8-7-9-11-13;1-2;/h7-11,14,16H,12H2,1-6H3;1-2H3;1H2. The van der Waals surface area contributed by atoms with Gasteiger partial charge in [0.05, 0.1) is 0 Å². The van der Waals surface area contributed by atoms with E-state index in [-0.39, 0.29) is 18.9 Å². The zero-order valence-electron chi connectivity index (χ0n) is 15.9. The summed E-state index contributed by atoms with van der Waals surface area (Å²) in [6, 6.07) is 10.5. The number of anilines is 1. The number of nitrogens with one attached hydrogen (secondary N) is 1. The second-order valence-electron chi connectivity index (χ2n) is 6.00. The summed E-state index contributed by atoms with van der Waals surface area (Å²) in [5.41, 5.74) is 1.31. The number of nitrogens with zero attached hydrogens (tertiary/aromatic N) is 2. The molecular weight excluding hydrogens is 326 g/mol. The Morgan fingerprint density at radius 3 is 2.09 bits per heavy atom. The van der Waals surface area contributed by atoms with Crippen LogP contribution < -0.4 is 9.62 Å². The topological polar surface area (TPSA) is 27.7 Å². The van der Waals surface area contributed by atoms with E-state index in [1.807, 2.05) is 62.6 Å². The molecule has 0 amide bonds. The molecule has 0 saturated carbocycles. The minimum absolute atomic E-state index is 0. The quantitative estimate of drug-likeness (QED) is 0.443. The number of hydrogen-bond donors (Lipinski definition) is 1. The van der Waals surface area contributed by atoms with Crippen molar-refractivity contribution in [2.24, 2.45) is 5.41 Å². The van der Waals surface area contributed by atoms with Crippen LogP contribution in [-0.4, -0.2) is 38.8 Å². The van der Waals surface area contributed by atoms with Crippen LogP contribution in [0, 0.1) is 5.41 Å². The van der Waals surface area contributed by atoms with E-state index >= 15 is 0 Å². The predicted molar refractivity (Wildman–Crippen MR) is 110 cm³/mol. The largest absolute Gasteiger partial charge is 0.315 e. The fourth-order valence-corrected chi connectivity index (χ4v) is 2.36. The lowest BCUT2D eigenvalue weighted by atomic mass is 9.87. The molecule has 1 rings (SSSR count). The second kappa shape index (κ2) is 13.0. The van der Waals surface area contributed by atoms with Crippen LogP contribution >= 0.6 is 25.7 Å². The zero-order chi connectivity index (χ0) is 17.2. The average molecular weight is 362 g/mol. The van der Waals surface area contributed by atoms with Gasteiger partial charge in [-0.05, 0) is 24.6 Å². The van der Waals surface area contributed by atoms with Gasteiger partial charge in [-0.15, -0.1) is 0 Å². The van der Waals surface area contributed by atoms with Crippen LogP contribution in [0.4, 0.5) is 5.69 Å². The summed E-state index contributed by atoms with van der Waals surface area (Å²) in [5, 5.41) is 5.22. The van der Waals surface area contributed by atoms with Crippen molar-refractivity contribution >= 4 is 31.4 Å². The molecule has 0 spiro atoms. The maximum atomic E-state index is 5.72. The second-order valence-corrected chi connectivity index (χ2v) is 6.85. The summed E-state index contributed by atoms with van der Waals surface area (Å²) >= 11 is 1.33. The summed E-state index contributed by atoms with van der Waals surface area (Å²) in [6.07, 6.45) is 0. The molecule has 0 aliphatic heterocycles. The summed E-state index contributed by atoms with van der Waals surface area (Å²) in [6.45, 7) is 11.5. The highest BCUT2D eigenvalue weighted by Crippen LogP contribution is 2.23. The van der Waals surface area contributed by atoms with Gasteiger partial charge < -0.3 is 5.32 Å². The Bertz CT molecular complexity index is 385. The molecular formula is C17H35N3OS2. The number of para-hydroxylation sites is 1. The Balaban J connectivity index is 0. The van der Waals surface area contributed by atoms with Gasteiger partial charge in [0, 0.05) is 32.4 Å². The first-order valence-electron chi connectivity index (χ1n) is 7.86. The van der Waals surface area contributed by atoms with Crippen molar-refractivity contribution in [3.05, 3.63) is 30.3 Å². The van der Waals surface area contributed by atoms with Gasteiger partial charge in [0.1, 0.15) is 12.2 Å². The molecule has 4 nitrogen and oxygen atoms in total. The number of hydroxylamine groups is 2. The first-order chi connectivity index (χ1) is 10.3. The third-order valence-corrected chi connectivity index (χ3v) is 3.98. The number of likely N-dealkylation sites (N-methyl/N-ethyl adjacent to an activating group) is 2. The van der Waals surface area contributed by atoms with Crippen LogP contribution in [0.1, 0.15) is 34.6 Å². The van der Waals surface area contributed by atoms with Gasteiger partial charge >= 0.3 is 0 Å².